The van der Waals surface area contributed by atoms with Crippen LogP contribution in [0.3, 0.4) is 0 Å². The second-order valence-electron chi connectivity index (χ2n) is 6.35. The highest BCUT2D eigenvalue weighted by molar-refractivity contribution is 7.10. The number of fused-ring (bicyclic) bond motifs is 1. The Bertz CT molecular complexity index is 1260. The molecular formula is C21H17N5O3S. The third kappa shape index (κ3) is 3.96. The number of aromatic nitrogens is 4. The highest BCUT2D eigenvalue weighted by atomic mass is 32.1. The number of thiazole rings is 1. The van der Waals surface area contributed by atoms with Gasteiger partial charge in [-0.3, -0.25) is 4.79 Å². The van der Waals surface area contributed by atoms with Gasteiger partial charge in [0.05, 0.1) is 16.6 Å². The zero-order chi connectivity index (χ0) is 21.1. The van der Waals surface area contributed by atoms with Crippen molar-refractivity contribution in [2.75, 3.05) is 5.32 Å². The second kappa shape index (κ2) is 8.26. The van der Waals surface area contributed by atoms with Crippen LogP contribution in [0.25, 0.3) is 28.4 Å². The van der Waals surface area contributed by atoms with Crippen LogP contribution >= 0.6 is 11.3 Å². The van der Waals surface area contributed by atoms with Gasteiger partial charge in [-0.15, -0.1) is 11.3 Å². The molecule has 0 aliphatic heterocycles. The lowest BCUT2D eigenvalue weighted by Crippen LogP contribution is -2.07. The maximum Gasteiger partial charge on any atom is 0.338 e. The van der Waals surface area contributed by atoms with E-state index in [0.717, 1.165) is 5.01 Å². The Hall–Kier alpha value is -3.85. The van der Waals surface area contributed by atoms with Crippen LogP contribution in [0.5, 0.6) is 0 Å². The van der Waals surface area contributed by atoms with Crippen molar-refractivity contribution in [1.82, 2.24) is 19.9 Å². The van der Waals surface area contributed by atoms with Crippen molar-refractivity contribution in [2.24, 2.45) is 0 Å². The van der Waals surface area contributed by atoms with Gasteiger partial charge in [-0.1, -0.05) is 19.1 Å². The number of carboxylic acids is 1. The molecule has 0 fully saturated rings. The lowest BCUT2D eigenvalue weighted by molar-refractivity contribution is -0.111. The van der Waals surface area contributed by atoms with E-state index in [4.69, 9.17) is 0 Å². The first-order valence-corrected chi connectivity index (χ1v) is 10.0. The molecule has 3 N–H and O–H groups in total. The standard InChI is InChI=1S/C21H17N5O3S/c1-2-15-25-19(18-14(21(28)29)11-23-20(18)26-15)12-4-3-5-13(10-12)24-16(27)6-7-17-22-8-9-30-17/h3-11H,2H2,1H3,(H,24,27)(H,28,29)(H,23,25,26)/b7-6+. The van der Waals surface area contributed by atoms with E-state index < -0.39 is 5.97 Å². The van der Waals surface area contributed by atoms with Gasteiger partial charge in [0, 0.05) is 41.5 Å². The van der Waals surface area contributed by atoms with E-state index >= 15 is 0 Å². The summed E-state index contributed by atoms with van der Waals surface area (Å²) in [6.07, 6.45) is 6.75. The molecule has 9 heteroatoms. The van der Waals surface area contributed by atoms with E-state index in [1.54, 1.807) is 30.5 Å². The minimum absolute atomic E-state index is 0.100. The Labute approximate surface area is 175 Å². The van der Waals surface area contributed by atoms with Gasteiger partial charge in [0.2, 0.25) is 5.91 Å². The molecule has 0 saturated heterocycles. The molecule has 0 saturated carbocycles. The van der Waals surface area contributed by atoms with Gasteiger partial charge in [0.25, 0.3) is 0 Å². The minimum Gasteiger partial charge on any atom is -0.478 e. The van der Waals surface area contributed by atoms with Crippen LogP contribution in [0.1, 0.15) is 28.1 Å². The predicted octanol–water partition coefficient (Wildman–Crippen LogP) is 3.99. The number of carbonyl (C=O) groups excluding carboxylic acids is 1. The fraction of sp³-hybridized carbons (Fsp3) is 0.0952. The van der Waals surface area contributed by atoms with Crippen LogP contribution < -0.4 is 5.32 Å². The number of aromatic carboxylic acids is 1. The number of nitrogens with zero attached hydrogens (tertiary/aromatic N) is 3. The van der Waals surface area contributed by atoms with E-state index in [1.807, 2.05) is 18.4 Å². The number of amides is 1. The molecule has 3 aromatic heterocycles. The number of H-pyrrole nitrogens is 1. The Morgan fingerprint density at radius 1 is 1.30 bits per heavy atom. The fourth-order valence-corrected chi connectivity index (χ4v) is 3.54. The number of anilines is 1. The maximum atomic E-state index is 12.2. The molecule has 0 radical (unpaired) electrons. The quantitative estimate of drug-likeness (QED) is 0.406. The van der Waals surface area contributed by atoms with Crippen LogP contribution in [0.15, 0.2) is 48.1 Å². The molecule has 1 amide bonds. The van der Waals surface area contributed by atoms with Crippen molar-refractivity contribution in [1.29, 1.82) is 0 Å². The summed E-state index contributed by atoms with van der Waals surface area (Å²) in [6.45, 7) is 1.93. The summed E-state index contributed by atoms with van der Waals surface area (Å²) in [7, 11) is 0. The Morgan fingerprint density at radius 3 is 2.90 bits per heavy atom. The van der Waals surface area contributed by atoms with Gasteiger partial charge in [0.1, 0.15) is 16.5 Å². The molecule has 0 spiro atoms. The molecule has 0 unspecified atom stereocenters. The van der Waals surface area contributed by atoms with Crippen molar-refractivity contribution in [3.8, 4) is 11.3 Å². The Morgan fingerprint density at radius 2 is 2.17 bits per heavy atom. The topological polar surface area (TPSA) is 121 Å². The van der Waals surface area contributed by atoms with Crippen molar-refractivity contribution >= 4 is 46.0 Å². The van der Waals surface area contributed by atoms with Gasteiger partial charge in [-0.05, 0) is 18.2 Å². The van der Waals surface area contributed by atoms with Gasteiger partial charge in [-0.25, -0.2) is 19.7 Å². The number of hydrogen-bond donors (Lipinski definition) is 3. The highest BCUT2D eigenvalue weighted by Crippen LogP contribution is 2.30. The SMILES string of the molecule is CCc1nc(-c2cccc(NC(=O)/C=C/c3nccs3)c2)c2c(C(=O)O)c[nH]c2n1. The van der Waals surface area contributed by atoms with Crippen molar-refractivity contribution in [2.45, 2.75) is 13.3 Å². The molecule has 0 bridgehead atoms. The summed E-state index contributed by atoms with van der Waals surface area (Å²) in [6, 6.07) is 7.12. The molecular weight excluding hydrogens is 402 g/mol. The predicted molar refractivity (Wildman–Crippen MR) is 115 cm³/mol. The van der Waals surface area contributed by atoms with Crippen molar-refractivity contribution < 1.29 is 14.7 Å². The number of aryl methyl sites for hydroxylation is 1. The van der Waals surface area contributed by atoms with Crippen LogP contribution in [0, 0.1) is 0 Å². The van der Waals surface area contributed by atoms with Crippen LogP contribution in [0.2, 0.25) is 0 Å². The number of rotatable bonds is 6. The lowest BCUT2D eigenvalue weighted by Gasteiger charge is -2.09. The molecule has 0 aliphatic carbocycles. The normalized spacial score (nSPS) is 11.2. The summed E-state index contributed by atoms with van der Waals surface area (Å²) < 4.78 is 0. The van der Waals surface area contributed by atoms with E-state index in [1.165, 1.54) is 23.6 Å². The molecule has 0 atom stereocenters. The molecule has 4 rings (SSSR count). The third-order valence-electron chi connectivity index (χ3n) is 4.36. The zero-order valence-electron chi connectivity index (χ0n) is 15.9. The van der Waals surface area contributed by atoms with Gasteiger partial charge < -0.3 is 15.4 Å². The number of hydrogen-bond acceptors (Lipinski definition) is 6. The molecule has 30 heavy (non-hydrogen) atoms. The first kappa shape index (κ1) is 19.5. The average Bonchev–Trinajstić information content (AvgIpc) is 3.41. The van der Waals surface area contributed by atoms with Crippen molar-refractivity contribution in [3.05, 3.63) is 64.5 Å². The fourth-order valence-electron chi connectivity index (χ4n) is 3.01. The molecule has 3 heterocycles. The summed E-state index contributed by atoms with van der Waals surface area (Å²) in [4.78, 5) is 39.9. The van der Waals surface area contributed by atoms with Crippen LogP contribution in [-0.4, -0.2) is 36.9 Å². The van der Waals surface area contributed by atoms with E-state index in [-0.39, 0.29) is 11.5 Å². The van der Waals surface area contributed by atoms with Gasteiger partial charge in [0.15, 0.2) is 0 Å². The van der Waals surface area contributed by atoms with Gasteiger partial charge in [-0.2, -0.15) is 0 Å². The summed E-state index contributed by atoms with van der Waals surface area (Å²) in [5.41, 5.74) is 2.32. The van der Waals surface area contributed by atoms with E-state index in [9.17, 15) is 14.7 Å². The number of benzene rings is 1. The summed E-state index contributed by atoms with van der Waals surface area (Å²) >= 11 is 1.44. The average molecular weight is 419 g/mol. The number of aromatic amines is 1. The summed E-state index contributed by atoms with van der Waals surface area (Å²) in [5, 5.41) is 15.4. The van der Waals surface area contributed by atoms with Gasteiger partial charge >= 0.3 is 5.97 Å². The van der Waals surface area contributed by atoms with Crippen LogP contribution in [0.4, 0.5) is 5.69 Å². The first-order valence-electron chi connectivity index (χ1n) is 9.15. The maximum absolute atomic E-state index is 12.2. The second-order valence-corrected chi connectivity index (χ2v) is 7.27. The first-order chi connectivity index (χ1) is 14.5. The molecule has 8 nitrogen and oxygen atoms in total. The highest BCUT2D eigenvalue weighted by Gasteiger charge is 2.19. The molecule has 4 aromatic rings. The Kier molecular flexibility index (Phi) is 5.36. The minimum atomic E-state index is -1.06. The monoisotopic (exact) mass is 419 g/mol. The van der Waals surface area contributed by atoms with E-state index in [0.29, 0.717) is 40.2 Å². The number of carboxylic acid groups (broad SMARTS) is 1. The van der Waals surface area contributed by atoms with E-state index in [2.05, 4.69) is 25.3 Å². The summed E-state index contributed by atoms with van der Waals surface area (Å²) in [5.74, 6) is -0.762. The zero-order valence-corrected chi connectivity index (χ0v) is 16.7. The third-order valence-corrected chi connectivity index (χ3v) is 5.10. The Balaban J connectivity index is 1.70. The molecule has 1 aromatic carbocycles. The lowest BCUT2D eigenvalue weighted by atomic mass is 10.1. The van der Waals surface area contributed by atoms with Crippen molar-refractivity contribution in [3.63, 3.8) is 0 Å². The van der Waals surface area contributed by atoms with Crippen LogP contribution in [-0.2, 0) is 11.2 Å². The molecule has 150 valence electrons. The molecule has 0 aliphatic rings. The number of carbonyl (C=O) groups is 2. The number of nitrogens with one attached hydrogen (secondary N) is 2. The smallest absolute Gasteiger partial charge is 0.338 e. The largest absolute Gasteiger partial charge is 0.478 e.